The lowest BCUT2D eigenvalue weighted by molar-refractivity contribution is 0.650. The Morgan fingerprint density at radius 3 is 2.67 bits per heavy atom. The SMILES string of the molecule is c1ccc(CCCNCc2ccc3cnccc3c2)cc1. The van der Waals surface area contributed by atoms with Gasteiger partial charge in [0, 0.05) is 24.3 Å². The normalized spacial score (nSPS) is 10.9. The standard InChI is InChI=1S/C19H20N2/c1-2-5-16(6-3-1)7-4-11-20-14-17-8-9-19-15-21-12-10-18(19)13-17/h1-3,5-6,8-10,12-13,15,20H,4,7,11,14H2. The summed E-state index contributed by atoms with van der Waals surface area (Å²) in [5, 5.41) is 5.98. The first-order valence-electron chi connectivity index (χ1n) is 7.49. The topological polar surface area (TPSA) is 24.9 Å². The molecule has 0 aliphatic heterocycles. The van der Waals surface area contributed by atoms with Gasteiger partial charge in [-0.15, -0.1) is 0 Å². The molecule has 3 aromatic rings. The van der Waals surface area contributed by atoms with Crippen LogP contribution in [0.4, 0.5) is 0 Å². The van der Waals surface area contributed by atoms with Crippen LogP contribution in [0.3, 0.4) is 0 Å². The zero-order valence-electron chi connectivity index (χ0n) is 12.1. The molecule has 106 valence electrons. The van der Waals surface area contributed by atoms with Crippen molar-refractivity contribution in [3.05, 3.63) is 78.1 Å². The monoisotopic (exact) mass is 276 g/mol. The van der Waals surface area contributed by atoms with E-state index >= 15 is 0 Å². The number of benzene rings is 2. The maximum absolute atomic E-state index is 4.14. The van der Waals surface area contributed by atoms with Gasteiger partial charge in [0.25, 0.3) is 0 Å². The Morgan fingerprint density at radius 2 is 1.76 bits per heavy atom. The van der Waals surface area contributed by atoms with E-state index in [1.54, 1.807) is 0 Å². The van der Waals surface area contributed by atoms with Crippen molar-refractivity contribution in [1.29, 1.82) is 0 Å². The van der Waals surface area contributed by atoms with E-state index in [0.29, 0.717) is 0 Å². The second kappa shape index (κ2) is 7.00. The smallest absolute Gasteiger partial charge is 0.0346 e. The molecule has 0 radical (unpaired) electrons. The molecule has 0 saturated heterocycles. The first kappa shape index (κ1) is 13.8. The fourth-order valence-corrected chi connectivity index (χ4v) is 2.54. The second-order valence-corrected chi connectivity index (χ2v) is 5.32. The van der Waals surface area contributed by atoms with E-state index in [0.717, 1.165) is 19.5 Å². The third kappa shape index (κ3) is 3.89. The Labute approximate surface area is 125 Å². The maximum atomic E-state index is 4.14. The Balaban J connectivity index is 1.46. The summed E-state index contributed by atoms with van der Waals surface area (Å²) in [6.07, 6.45) is 6.06. The molecule has 0 saturated carbocycles. The van der Waals surface area contributed by atoms with E-state index in [1.165, 1.54) is 28.3 Å². The van der Waals surface area contributed by atoms with Crippen molar-refractivity contribution in [2.24, 2.45) is 0 Å². The van der Waals surface area contributed by atoms with Crippen LogP contribution in [0.2, 0.25) is 0 Å². The molecule has 0 unspecified atom stereocenters. The zero-order valence-corrected chi connectivity index (χ0v) is 12.1. The van der Waals surface area contributed by atoms with Gasteiger partial charge >= 0.3 is 0 Å². The van der Waals surface area contributed by atoms with Crippen molar-refractivity contribution in [3.8, 4) is 0 Å². The summed E-state index contributed by atoms with van der Waals surface area (Å²) in [4.78, 5) is 4.14. The van der Waals surface area contributed by atoms with Crippen LogP contribution < -0.4 is 5.32 Å². The number of aryl methyl sites for hydroxylation is 1. The number of nitrogens with one attached hydrogen (secondary N) is 1. The van der Waals surface area contributed by atoms with Gasteiger partial charge in [-0.25, -0.2) is 0 Å². The van der Waals surface area contributed by atoms with Gasteiger partial charge in [0.1, 0.15) is 0 Å². The average molecular weight is 276 g/mol. The van der Waals surface area contributed by atoms with E-state index in [-0.39, 0.29) is 0 Å². The Morgan fingerprint density at radius 1 is 0.857 bits per heavy atom. The van der Waals surface area contributed by atoms with Gasteiger partial charge in [-0.05, 0) is 48.0 Å². The molecule has 2 aromatic carbocycles. The molecule has 3 rings (SSSR count). The first-order valence-corrected chi connectivity index (χ1v) is 7.49. The summed E-state index contributed by atoms with van der Waals surface area (Å²) in [5.74, 6) is 0. The molecule has 2 nitrogen and oxygen atoms in total. The molecule has 0 spiro atoms. The molecule has 1 heterocycles. The van der Waals surface area contributed by atoms with Gasteiger partial charge in [0.05, 0.1) is 0 Å². The van der Waals surface area contributed by atoms with Crippen LogP contribution in [0.5, 0.6) is 0 Å². The number of rotatable bonds is 6. The van der Waals surface area contributed by atoms with Crippen molar-refractivity contribution < 1.29 is 0 Å². The van der Waals surface area contributed by atoms with Crippen LogP contribution >= 0.6 is 0 Å². The lowest BCUT2D eigenvalue weighted by atomic mass is 10.1. The molecular weight excluding hydrogens is 256 g/mol. The predicted molar refractivity (Wildman–Crippen MR) is 88.2 cm³/mol. The van der Waals surface area contributed by atoms with E-state index in [4.69, 9.17) is 0 Å². The predicted octanol–water partition coefficient (Wildman–Crippen LogP) is 3.96. The van der Waals surface area contributed by atoms with Crippen LogP contribution in [0.15, 0.2) is 67.0 Å². The summed E-state index contributed by atoms with van der Waals surface area (Å²) in [6, 6.07) is 19.3. The van der Waals surface area contributed by atoms with E-state index in [2.05, 4.69) is 64.9 Å². The lowest BCUT2D eigenvalue weighted by Gasteiger charge is -2.06. The number of nitrogens with zero attached hydrogens (tertiary/aromatic N) is 1. The third-order valence-electron chi connectivity index (χ3n) is 3.70. The van der Waals surface area contributed by atoms with Crippen molar-refractivity contribution in [2.75, 3.05) is 6.54 Å². The highest BCUT2D eigenvalue weighted by Crippen LogP contribution is 2.14. The largest absolute Gasteiger partial charge is 0.313 e. The molecule has 0 atom stereocenters. The fourth-order valence-electron chi connectivity index (χ4n) is 2.54. The highest BCUT2D eigenvalue weighted by Gasteiger charge is 1.97. The van der Waals surface area contributed by atoms with E-state index in [9.17, 15) is 0 Å². The van der Waals surface area contributed by atoms with E-state index < -0.39 is 0 Å². The van der Waals surface area contributed by atoms with Crippen LogP contribution in [0.1, 0.15) is 17.5 Å². The van der Waals surface area contributed by atoms with Crippen LogP contribution in [0.25, 0.3) is 10.8 Å². The van der Waals surface area contributed by atoms with Gasteiger partial charge in [-0.3, -0.25) is 4.98 Å². The zero-order chi connectivity index (χ0) is 14.3. The van der Waals surface area contributed by atoms with Gasteiger partial charge in [0.2, 0.25) is 0 Å². The Bertz CT molecular complexity index is 692. The number of hydrogen-bond donors (Lipinski definition) is 1. The molecule has 0 amide bonds. The second-order valence-electron chi connectivity index (χ2n) is 5.32. The third-order valence-corrected chi connectivity index (χ3v) is 3.70. The molecule has 21 heavy (non-hydrogen) atoms. The number of aromatic nitrogens is 1. The maximum Gasteiger partial charge on any atom is 0.0346 e. The average Bonchev–Trinajstić information content (AvgIpc) is 2.55. The van der Waals surface area contributed by atoms with Crippen molar-refractivity contribution in [2.45, 2.75) is 19.4 Å². The molecule has 0 aliphatic rings. The van der Waals surface area contributed by atoms with Gasteiger partial charge in [-0.1, -0.05) is 42.5 Å². The molecule has 0 fully saturated rings. The van der Waals surface area contributed by atoms with Crippen LogP contribution in [0, 0.1) is 0 Å². The summed E-state index contributed by atoms with van der Waals surface area (Å²) in [6.45, 7) is 1.97. The molecule has 0 bridgehead atoms. The highest BCUT2D eigenvalue weighted by molar-refractivity contribution is 5.81. The molecule has 2 heteroatoms. The van der Waals surface area contributed by atoms with Crippen molar-refractivity contribution in [1.82, 2.24) is 10.3 Å². The minimum absolute atomic E-state index is 0.924. The van der Waals surface area contributed by atoms with Gasteiger partial charge < -0.3 is 5.32 Å². The fraction of sp³-hybridized carbons (Fsp3) is 0.211. The first-order chi connectivity index (χ1) is 10.4. The van der Waals surface area contributed by atoms with Crippen molar-refractivity contribution in [3.63, 3.8) is 0 Å². The number of fused-ring (bicyclic) bond motifs is 1. The lowest BCUT2D eigenvalue weighted by Crippen LogP contribution is -2.15. The summed E-state index contributed by atoms with van der Waals surface area (Å²) < 4.78 is 0. The van der Waals surface area contributed by atoms with Gasteiger partial charge in [0.15, 0.2) is 0 Å². The van der Waals surface area contributed by atoms with Crippen LogP contribution in [-0.2, 0) is 13.0 Å². The van der Waals surface area contributed by atoms with Crippen LogP contribution in [-0.4, -0.2) is 11.5 Å². The highest BCUT2D eigenvalue weighted by atomic mass is 14.8. The molecule has 0 aliphatic carbocycles. The van der Waals surface area contributed by atoms with Gasteiger partial charge in [-0.2, -0.15) is 0 Å². The Kier molecular flexibility index (Phi) is 4.59. The minimum atomic E-state index is 0.924. The number of hydrogen-bond acceptors (Lipinski definition) is 2. The molecule has 1 N–H and O–H groups in total. The molecule has 1 aromatic heterocycles. The quantitative estimate of drug-likeness (QED) is 0.689. The number of pyridine rings is 1. The molecular formula is C19H20N2. The van der Waals surface area contributed by atoms with E-state index in [1.807, 2.05) is 12.4 Å². The Hall–Kier alpha value is -2.19. The summed E-state index contributed by atoms with van der Waals surface area (Å²) in [7, 11) is 0. The summed E-state index contributed by atoms with van der Waals surface area (Å²) >= 11 is 0. The van der Waals surface area contributed by atoms with Crippen molar-refractivity contribution >= 4 is 10.8 Å². The minimum Gasteiger partial charge on any atom is -0.313 e. The summed E-state index contributed by atoms with van der Waals surface area (Å²) in [5.41, 5.74) is 2.74.